The number of ether oxygens (including phenoxy) is 1. The molecule has 1 atom stereocenters. The number of para-hydroxylation sites is 1. The summed E-state index contributed by atoms with van der Waals surface area (Å²) in [6.07, 6.45) is 0.0199. The summed E-state index contributed by atoms with van der Waals surface area (Å²) in [4.78, 5) is 0. The van der Waals surface area contributed by atoms with Gasteiger partial charge in [0.25, 0.3) is 0 Å². The molecule has 1 unspecified atom stereocenters. The monoisotopic (exact) mass is 339 g/mol. The molecule has 0 aliphatic rings. The zero-order valence-corrected chi connectivity index (χ0v) is 11.7. The van der Waals surface area contributed by atoms with Crippen molar-refractivity contribution in [2.24, 2.45) is 0 Å². The van der Waals surface area contributed by atoms with Crippen LogP contribution >= 0.6 is 22.6 Å². The normalized spacial score (nSPS) is 12.1. The van der Waals surface area contributed by atoms with Gasteiger partial charge in [0.05, 0.1) is 3.57 Å². The molecule has 2 aromatic rings. The first kappa shape index (κ1) is 12.2. The molecule has 2 rings (SSSR count). The predicted octanol–water partition coefficient (Wildman–Crippen LogP) is 4.01. The van der Waals surface area contributed by atoms with Crippen molar-refractivity contribution in [2.75, 3.05) is 5.73 Å². The van der Waals surface area contributed by atoms with Gasteiger partial charge < -0.3 is 10.5 Å². The summed E-state index contributed by atoms with van der Waals surface area (Å²) in [7, 11) is 0. The van der Waals surface area contributed by atoms with Gasteiger partial charge in [-0.05, 0) is 59.3 Å². The topological polar surface area (TPSA) is 35.2 Å². The SMILES string of the molecule is CC(Oc1ccccc1I)c1ccc(N)cc1. The van der Waals surface area contributed by atoms with Crippen LogP contribution in [0.3, 0.4) is 0 Å². The minimum absolute atomic E-state index is 0.0199. The molecule has 0 amide bonds. The summed E-state index contributed by atoms with van der Waals surface area (Å²) in [5, 5.41) is 0. The van der Waals surface area contributed by atoms with E-state index < -0.39 is 0 Å². The van der Waals surface area contributed by atoms with Gasteiger partial charge >= 0.3 is 0 Å². The molecule has 0 fully saturated rings. The average molecular weight is 339 g/mol. The maximum atomic E-state index is 5.92. The van der Waals surface area contributed by atoms with E-state index in [1.807, 2.05) is 55.5 Å². The van der Waals surface area contributed by atoms with E-state index in [0.29, 0.717) is 0 Å². The summed E-state index contributed by atoms with van der Waals surface area (Å²) in [6, 6.07) is 15.8. The number of hydrogen-bond donors (Lipinski definition) is 1. The van der Waals surface area contributed by atoms with Gasteiger partial charge in [-0.3, -0.25) is 0 Å². The quantitative estimate of drug-likeness (QED) is 0.677. The molecule has 0 saturated heterocycles. The van der Waals surface area contributed by atoms with Gasteiger partial charge in [-0.2, -0.15) is 0 Å². The molecule has 3 heteroatoms. The van der Waals surface area contributed by atoms with E-state index in [0.717, 1.165) is 20.6 Å². The maximum Gasteiger partial charge on any atom is 0.133 e. The Morgan fingerprint density at radius 1 is 1.06 bits per heavy atom. The van der Waals surface area contributed by atoms with Crippen molar-refractivity contribution in [2.45, 2.75) is 13.0 Å². The summed E-state index contributed by atoms with van der Waals surface area (Å²) in [6.45, 7) is 2.04. The van der Waals surface area contributed by atoms with Crippen molar-refractivity contribution in [3.63, 3.8) is 0 Å². The fourth-order valence-electron chi connectivity index (χ4n) is 1.57. The van der Waals surface area contributed by atoms with Gasteiger partial charge in [-0.1, -0.05) is 24.3 Å². The van der Waals surface area contributed by atoms with Crippen LogP contribution in [0.1, 0.15) is 18.6 Å². The van der Waals surface area contributed by atoms with Gasteiger partial charge in [0.1, 0.15) is 11.9 Å². The van der Waals surface area contributed by atoms with Crippen molar-refractivity contribution < 1.29 is 4.74 Å². The Bertz CT molecular complexity index is 496. The molecular weight excluding hydrogens is 325 g/mol. The van der Waals surface area contributed by atoms with E-state index in [4.69, 9.17) is 10.5 Å². The highest BCUT2D eigenvalue weighted by Crippen LogP contribution is 2.26. The third kappa shape index (κ3) is 3.12. The highest BCUT2D eigenvalue weighted by Gasteiger charge is 2.08. The third-order valence-electron chi connectivity index (χ3n) is 2.55. The van der Waals surface area contributed by atoms with Crippen molar-refractivity contribution >= 4 is 28.3 Å². The lowest BCUT2D eigenvalue weighted by Crippen LogP contribution is -2.04. The van der Waals surface area contributed by atoms with Crippen LogP contribution < -0.4 is 10.5 Å². The molecule has 0 aromatic heterocycles. The fourth-order valence-corrected chi connectivity index (χ4v) is 2.08. The van der Waals surface area contributed by atoms with Gasteiger partial charge in [-0.25, -0.2) is 0 Å². The van der Waals surface area contributed by atoms with Crippen molar-refractivity contribution in [3.05, 3.63) is 57.7 Å². The number of anilines is 1. The molecule has 88 valence electrons. The Morgan fingerprint density at radius 3 is 2.35 bits per heavy atom. The Morgan fingerprint density at radius 2 is 1.71 bits per heavy atom. The van der Waals surface area contributed by atoms with E-state index in [2.05, 4.69) is 22.6 Å². The van der Waals surface area contributed by atoms with Gasteiger partial charge in [0.2, 0.25) is 0 Å². The average Bonchev–Trinajstić information content (AvgIpc) is 2.33. The van der Waals surface area contributed by atoms with Crippen LogP contribution in [0.4, 0.5) is 5.69 Å². The first-order valence-corrected chi connectivity index (χ1v) is 6.51. The lowest BCUT2D eigenvalue weighted by Gasteiger charge is -2.16. The predicted molar refractivity (Wildman–Crippen MR) is 79.1 cm³/mol. The van der Waals surface area contributed by atoms with Crippen molar-refractivity contribution in [3.8, 4) is 5.75 Å². The van der Waals surface area contributed by atoms with Gasteiger partial charge in [0.15, 0.2) is 0 Å². The minimum atomic E-state index is 0.0199. The maximum absolute atomic E-state index is 5.92. The zero-order valence-electron chi connectivity index (χ0n) is 9.56. The van der Waals surface area contributed by atoms with E-state index in [1.54, 1.807) is 0 Å². The second-order valence-corrected chi connectivity index (χ2v) is 5.02. The van der Waals surface area contributed by atoms with Crippen LogP contribution in [0.2, 0.25) is 0 Å². The molecule has 2 aromatic carbocycles. The van der Waals surface area contributed by atoms with Crippen molar-refractivity contribution in [1.82, 2.24) is 0 Å². The molecule has 0 radical (unpaired) electrons. The first-order valence-electron chi connectivity index (χ1n) is 5.43. The number of hydrogen-bond acceptors (Lipinski definition) is 2. The lowest BCUT2D eigenvalue weighted by molar-refractivity contribution is 0.225. The molecule has 0 spiro atoms. The second-order valence-electron chi connectivity index (χ2n) is 3.86. The highest BCUT2D eigenvalue weighted by atomic mass is 127. The number of benzene rings is 2. The number of rotatable bonds is 3. The van der Waals surface area contributed by atoms with Crippen LogP contribution in [-0.2, 0) is 0 Å². The molecule has 2 N–H and O–H groups in total. The van der Waals surface area contributed by atoms with E-state index in [-0.39, 0.29) is 6.10 Å². The van der Waals surface area contributed by atoms with E-state index >= 15 is 0 Å². The summed E-state index contributed by atoms with van der Waals surface area (Å²) in [5.74, 6) is 0.914. The summed E-state index contributed by atoms with van der Waals surface area (Å²) in [5.41, 5.74) is 7.56. The van der Waals surface area contributed by atoms with Crippen LogP contribution in [-0.4, -0.2) is 0 Å². The largest absolute Gasteiger partial charge is 0.485 e. The number of nitrogens with two attached hydrogens (primary N) is 1. The fraction of sp³-hybridized carbons (Fsp3) is 0.143. The first-order chi connectivity index (χ1) is 8.16. The van der Waals surface area contributed by atoms with Crippen molar-refractivity contribution in [1.29, 1.82) is 0 Å². The lowest BCUT2D eigenvalue weighted by atomic mass is 10.1. The Kier molecular flexibility index (Phi) is 3.89. The molecular formula is C14H14INO. The summed E-state index contributed by atoms with van der Waals surface area (Å²) >= 11 is 2.27. The van der Waals surface area contributed by atoms with Crippen LogP contribution in [0.5, 0.6) is 5.75 Å². The third-order valence-corrected chi connectivity index (χ3v) is 3.44. The van der Waals surface area contributed by atoms with Gasteiger partial charge in [-0.15, -0.1) is 0 Å². The number of halogens is 1. The molecule has 0 bridgehead atoms. The van der Waals surface area contributed by atoms with E-state index in [9.17, 15) is 0 Å². The summed E-state index contributed by atoms with van der Waals surface area (Å²) < 4.78 is 7.04. The Hall–Kier alpha value is -1.23. The van der Waals surface area contributed by atoms with Crippen LogP contribution in [0, 0.1) is 3.57 Å². The smallest absolute Gasteiger partial charge is 0.133 e. The Labute approximate surface area is 115 Å². The van der Waals surface area contributed by atoms with E-state index in [1.165, 1.54) is 0 Å². The van der Waals surface area contributed by atoms with Gasteiger partial charge in [0, 0.05) is 5.69 Å². The Balaban J connectivity index is 2.14. The highest BCUT2D eigenvalue weighted by molar-refractivity contribution is 14.1. The molecule has 0 heterocycles. The second kappa shape index (κ2) is 5.40. The minimum Gasteiger partial charge on any atom is -0.485 e. The van der Waals surface area contributed by atoms with Crippen LogP contribution in [0.15, 0.2) is 48.5 Å². The zero-order chi connectivity index (χ0) is 12.3. The molecule has 2 nitrogen and oxygen atoms in total. The molecule has 0 aliphatic heterocycles. The molecule has 0 aliphatic carbocycles. The number of nitrogen functional groups attached to an aromatic ring is 1. The standard InChI is InChI=1S/C14H14INO/c1-10(11-6-8-12(16)9-7-11)17-14-5-3-2-4-13(14)15/h2-10H,16H2,1H3. The molecule has 0 saturated carbocycles. The van der Waals surface area contributed by atoms with Crippen LogP contribution in [0.25, 0.3) is 0 Å². The molecule has 17 heavy (non-hydrogen) atoms.